The summed E-state index contributed by atoms with van der Waals surface area (Å²) in [5.41, 5.74) is 5.20. The van der Waals surface area contributed by atoms with Crippen LogP contribution in [0.4, 0.5) is 0 Å². The molecule has 1 rings (SSSR count). The molecule has 0 aliphatic rings. The van der Waals surface area contributed by atoms with Crippen molar-refractivity contribution in [2.45, 2.75) is 13.8 Å². The Bertz CT molecular complexity index is 309. The van der Waals surface area contributed by atoms with Gasteiger partial charge >= 0.3 is 0 Å². The van der Waals surface area contributed by atoms with E-state index in [-0.39, 0.29) is 17.2 Å². The summed E-state index contributed by atoms with van der Waals surface area (Å²) < 4.78 is 0. The number of carbonyl (C=O) groups excluding carboxylic acids is 2. The number of hydrogen-bond acceptors (Lipinski definition) is 3. The van der Waals surface area contributed by atoms with Crippen molar-refractivity contribution < 1.29 is 9.59 Å². The monoisotopic (exact) mass is 167 g/mol. The van der Waals surface area contributed by atoms with Crippen molar-refractivity contribution in [2.24, 2.45) is 5.73 Å². The van der Waals surface area contributed by atoms with E-state index >= 15 is 0 Å². The number of nitrogens with zero attached hydrogens (tertiary/aromatic N) is 1. The van der Waals surface area contributed by atoms with Crippen LogP contribution in [0.5, 0.6) is 0 Å². The van der Waals surface area contributed by atoms with E-state index in [0.29, 0.717) is 5.82 Å². The van der Waals surface area contributed by atoms with Gasteiger partial charge in [0.2, 0.25) is 0 Å². The van der Waals surface area contributed by atoms with Crippen molar-refractivity contribution in [2.75, 3.05) is 0 Å². The number of imidazole rings is 1. The highest BCUT2D eigenvalue weighted by molar-refractivity contribution is 6.04. The molecule has 0 unspecified atom stereocenters. The molecule has 0 aliphatic carbocycles. The van der Waals surface area contributed by atoms with E-state index in [1.54, 1.807) is 6.92 Å². The van der Waals surface area contributed by atoms with Crippen LogP contribution in [0.2, 0.25) is 0 Å². The van der Waals surface area contributed by atoms with Gasteiger partial charge in [-0.25, -0.2) is 4.98 Å². The van der Waals surface area contributed by atoms with Gasteiger partial charge in [-0.2, -0.15) is 0 Å². The third-order valence-electron chi connectivity index (χ3n) is 1.40. The molecule has 0 radical (unpaired) electrons. The lowest BCUT2D eigenvalue weighted by Gasteiger charge is -1.90. The Labute approximate surface area is 69.0 Å². The summed E-state index contributed by atoms with van der Waals surface area (Å²) in [5, 5.41) is 0. The smallest absolute Gasteiger partial charge is 0.267 e. The molecule has 12 heavy (non-hydrogen) atoms. The SMILES string of the molecule is CC(=O)c1nc(C)[nH]c1C(N)=O. The largest absolute Gasteiger partial charge is 0.364 e. The van der Waals surface area contributed by atoms with Gasteiger partial charge in [0.25, 0.3) is 5.91 Å². The van der Waals surface area contributed by atoms with Crippen LogP contribution >= 0.6 is 0 Å². The molecular weight excluding hydrogens is 158 g/mol. The Hall–Kier alpha value is -1.65. The second kappa shape index (κ2) is 2.77. The molecule has 1 heterocycles. The number of rotatable bonds is 2. The number of primary amides is 1. The van der Waals surface area contributed by atoms with Crippen LogP contribution in [0.15, 0.2) is 0 Å². The molecule has 64 valence electrons. The van der Waals surface area contributed by atoms with Crippen LogP contribution in [-0.4, -0.2) is 21.7 Å². The molecule has 0 fully saturated rings. The lowest BCUT2D eigenvalue weighted by atomic mass is 10.2. The first-order valence-corrected chi connectivity index (χ1v) is 3.39. The fourth-order valence-electron chi connectivity index (χ4n) is 0.925. The zero-order valence-corrected chi connectivity index (χ0v) is 6.84. The Kier molecular flexibility index (Phi) is 1.95. The van der Waals surface area contributed by atoms with Gasteiger partial charge in [0.1, 0.15) is 17.2 Å². The minimum atomic E-state index is -0.666. The number of carbonyl (C=O) groups is 2. The van der Waals surface area contributed by atoms with E-state index in [9.17, 15) is 9.59 Å². The predicted molar refractivity (Wildman–Crippen MR) is 41.8 cm³/mol. The standard InChI is InChI=1S/C7H9N3O2/c1-3(11)5-6(7(8)12)10-4(2)9-5/h1-2H3,(H2,8,12)(H,9,10). The third kappa shape index (κ3) is 1.34. The second-order valence-electron chi connectivity index (χ2n) is 2.47. The van der Waals surface area contributed by atoms with Gasteiger partial charge in [0, 0.05) is 6.92 Å². The van der Waals surface area contributed by atoms with Crippen LogP contribution < -0.4 is 5.73 Å². The molecule has 1 aromatic heterocycles. The molecule has 0 aromatic carbocycles. The summed E-state index contributed by atoms with van der Waals surface area (Å²) in [6.07, 6.45) is 0. The maximum absolute atomic E-state index is 10.9. The molecule has 0 bridgehead atoms. The van der Waals surface area contributed by atoms with Crippen LogP contribution in [-0.2, 0) is 0 Å². The number of aromatic amines is 1. The van der Waals surface area contributed by atoms with E-state index in [2.05, 4.69) is 9.97 Å². The molecule has 1 amide bonds. The fraction of sp³-hybridized carbons (Fsp3) is 0.286. The van der Waals surface area contributed by atoms with Gasteiger partial charge in [-0.15, -0.1) is 0 Å². The molecular formula is C7H9N3O2. The quantitative estimate of drug-likeness (QED) is 0.608. The molecule has 1 aromatic rings. The van der Waals surface area contributed by atoms with Crippen LogP contribution in [0, 0.1) is 6.92 Å². The van der Waals surface area contributed by atoms with Crippen molar-refractivity contribution in [1.29, 1.82) is 0 Å². The fourth-order valence-corrected chi connectivity index (χ4v) is 0.925. The molecule has 0 saturated carbocycles. The molecule has 5 heteroatoms. The highest BCUT2D eigenvalue weighted by Gasteiger charge is 2.16. The highest BCUT2D eigenvalue weighted by atomic mass is 16.1. The van der Waals surface area contributed by atoms with Crippen molar-refractivity contribution in [3.8, 4) is 0 Å². The average Bonchev–Trinajstić information content (AvgIpc) is 2.31. The summed E-state index contributed by atoms with van der Waals surface area (Å²) in [6, 6.07) is 0. The maximum Gasteiger partial charge on any atom is 0.267 e. The predicted octanol–water partition coefficient (Wildman–Crippen LogP) is 0.0196. The Morgan fingerprint density at radius 3 is 2.42 bits per heavy atom. The maximum atomic E-state index is 10.9. The zero-order chi connectivity index (χ0) is 9.30. The first kappa shape index (κ1) is 8.45. The van der Waals surface area contributed by atoms with Gasteiger partial charge in [-0.1, -0.05) is 0 Å². The minimum absolute atomic E-state index is 0.0833. The lowest BCUT2D eigenvalue weighted by molar-refractivity contribution is 0.0968. The van der Waals surface area contributed by atoms with Crippen molar-refractivity contribution in [1.82, 2.24) is 9.97 Å². The van der Waals surface area contributed by atoms with Gasteiger partial charge in [-0.3, -0.25) is 9.59 Å². The van der Waals surface area contributed by atoms with E-state index < -0.39 is 5.91 Å². The van der Waals surface area contributed by atoms with Crippen molar-refractivity contribution in [3.63, 3.8) is 0 Å². The van der Waals surface area contributed by atoms with Gasteiger partial charge in [0.05, 0.1) is 0 Å². The number of aryl methyl sites for hydroxylation is 1. The number of ketones is 1. The molecule has 0 atom stereocenters. The Morgan fingerprint density at radius 1 is 1.50 bits per heavy atom. The number of amides is 1. The summed E-state index contributed by atoms with van der Waals surface area (Å²) in [4.78, 5) is 28.1. The van der Waals surface area contributed by atoms with Crippen LogP contribution in [0.3, 0.4) is 0 Å². The molecule has 0 spiro atoms. The van der Waals surface area contributed by atoms with Gasteiger partial charge < -0.3 is 10.7 Å². The number of nitrogens with one attached hydrogen (secondary N) is 1. The molecule has 5 nitrogen and oxygen atoms in total. The summed E-state index contributed by atoms with van der Waals surface area (Å²) in [5.74, 6) is -0.428. The number of aromatic nitrogens is 2. The minimum Gasteiger partial charge on any atom is -0.364 e. The number of hydrogen-bond donors (Lipinski definition) is 2. The first-order valence-electron chi connectivity index (χ1n) is 3.39. The molecule has 0 aliphatic heterocycles. The topological polar surface area (TPSA) is 88.8 Å². The van der Waals surface area contributed by atoms with Gasteiger partial charge in [-0.05, 0) is 6.92 Å². The average molecular weight is 167 g/mol. The van der Waals surface area contributed by atoms with Gasteiger partial charge in [0.15, 0.2) is 5.78 Å². The Morgan fingerprint density at radius 2 is 2.08 bits per heavy atom. The zero-order valence-electron chi connectivity index (χ0n) is 6.84. The number of H-pyrrole nitrogens is 1. The Balaban J connectivity index is 3.26. The van der Waals surface area contributed by atoms with E-state index in [1.807, 2.05) is 0 Å². The normalized spacial score (nSPS) is 9.83. The molecule has 0 saturated heterocycles. The van der Waals surface area contributed by atoms with E-state index in [1.165, 1.54) is 6.92 Å². The van der Waals surface area contributed by atoms with E-state index in [0.717, 1.165) is 0 Å². The second-order valence-corrected chi connectivity index (χ2v) is 2.47. The summed E-state index contributed by atoms with van der Waals surface area (Å²) in [6.45, 7) is 2.99. The van der Waals surface area contributed by atoms with Crippen molar-refractivity contribution >= 4 is 11.7 Å². The lowest BCUT2D eigenvalue weighted by Crippen LogP contribution is -2.15. The summed E-state index contributed by atoms with van der Waals surface area (Å²) >= 11 is 0. The summed E-state index contributed by atoms with van der Waals surface area (Å²) in [7, 11) is 0. The van der Waals surface area contributed by atoms with Crippen LogP contribution in [0.25, 0.3) is 0 Å². The van der Waals surface area contributed by atoms with Crippen LogP contribution in [0.1, 0.15) is 33.7 Å². The van der Waals surface area contributed by atoms with Crippen molar-refractivity contribution in [3.05, 3.63) is 17.2 Å². The molecule has 3 N–H and O–H groups in total. The number of nitrogens with two attached hydrogens (primary N) is 1. The highest BCUT2D eigenvalue weighted by Crippen LogP contribution is 2.05. The first-order chi connectivity index (χ1) is 5.52. The van der Waals surface area contributed by atoms with E-state index in [4.69, 9.17) is 5.73 Å². The number of Topliss-reactive ketones (excluding diaryl/α,β-unsaturated/α-hetero) is 1. The third-order valence-corrected chi connectivity index (χ3v) is 1.40.